The van der Waals surface area contributed by atoms with Gasteiger partial charge in [-0.1, -0.05) is 13.8 Å². The molecule has 0 bridgehead atoms. The molecule has 1 aliphatic carbocycles. The Labute approximate surface area is 108 Å². The molecule has 1 aromatic heterocycles. The van der Waals surface area contributed by atoms with Crippen molar-refractivity contribution in [2.45, 2.75) is 45.6 Å². The van der Waals surface area contributed by atoms with E-state index in [1.165, 1.54) is 12.8 Å². The van der Waals surface area contributed by atoms with Crippen molar-refractivity contribution < 1.29 is 0 Å². The van der Waals surface area contributed by atoms with Crippen LogP contribution < -0.4 is 4.90 Å². The van der Waals surface area contributed by atoms with Gasteiger partial charge in [-0.3, -0.25) is 0 Å². The Morgan fingerprint density at radius 1 is 1.41 bits per heavy atom. The zero-order chi connectivity index (χ0) is 12.4. The molecule has 0 aliphatic heterocycles. The van der Waals surface area contributed by atoms with Gasteiger partial charge in [-0.15, -0.1) is 11.6 Å². The second-order valence-corrected chi connectivity index (χ2v) is 5.37. The summed E-state index contributed by atoms with van der Waals surface area (Å²) in [7, 11) is 0. The van der Waals surface area contributed by atoms with Crippen LogP contribution in [0, 0.1) is 6.92 Å². The number of nitrogens with zero attached hydrogens (tertiary/aromatic N) is 3. The van der Waals surface area contributed by atoms with Crippen LogP contribution in [0.15, 0.2) is 6.07 Å². The number of hydrogen-bond acceptors (Lipinski definition) is 3. The Bertz CT molecular complexity index is 388. The molecule has 17 heavy (non-hydrogen) atoms. The Morgan fingerprint density at radius 2 is 2.12 bits per heavy atom. The predicted molar refractivity (Wildman–Crippen MR) is 71.9 cm³/mol. The van der Waals surface area contributed by atoms with Crippen LogP contribution >= 0.6 is 11.6 Å². The van der Waals surface area contributed by atoms with E-state index in [0.717, 1.165) is 23.9 Å². The molecule has 3 nitrogen and oxygen atoms in total. The number of aromatic nitrogens is 2. The number of alkyl halides is 1. The van der Waals surface area contributed by atoms with Crippen molar-refractivity contribution >= 4 is 17.4 Å². The first-order chi connectivity index (χ1) is 8.11. The third kappa shape index (κ3) is 3.09. The van der Waals surface area contributed by atoms with Crippen molar-refractivity contribution in [3.8, 4) is 0 Å². The van der Waals surface area contributed by atoms with Gasteiger partial charge in [0.05, 0.1) is 0 Å². The molecule has 2 rings (SSSR count). The second-order valence-electron chi connectivity index (χ2n) is 4.99. The highest BCUT2D eigenvalue weighted by Crippen LogP contribution is 2.31. The largest absolute Gasteiger partial charge is 0.352 e. The van der Waals surface area contributed by atoms with Crippen molar-refractivity contribution in [1.29, 1.82) is 0 Å². The molecule has 1 heterocycles. The van der Waals surface area contributed by atoms with Crippen LogP contribution in [0.5, 0.6) is 0 Å². The van der Waals surface area contributed by atoms with Gasteiger partial charge >= 0.3 is 0 Å². The van der Waals surface area contributed by atoms with Gasteiger partial charge in [0.1, 0.15) is 11.6 Å². The fourth-order valence-electron chi connectivity index (χ4n) is 1.94. The van der Waals surface area contributed by atoms with Crippen molar-refractivity contribution in [3.63, 3.8) is 0 Å². The topological polar surface area (TPSA) is 29.0 Å². The molecule has 94 valence electrons. The first kappa shape index (κ1) is 12.6. The maximum atomic E-state index is 5.88. The summed E-state index contributed by atoms with van der Waals surface area (Å²) < 4.78 is 0. The lowest BCUT2D eigenvalue weighted by atomic mass is 10.2. The predicted octanol–water partition coefficient (Wildman–Crippen LogP) is 3.12. The fourth-order valence-corrected chi connectivity index (χ4v) is 2.12. The van der Waals surface area contributed by atoms with Crippen LogP contribution in [0.2, 0.25) is 0 Å². The number of halogens is 1. The lowest BCUT2D eigenvalue weighted by Crippen LogP contribution is -2.29. The second kappa shape index (κ2) is 5.21. The van der Waals surface area contributed by atoms with Crippen molar-refractivity contribution in [1.82, 2.24) is 9.97 Å². The van der Waals surface area contributed by atoms with Crippen molar-refractivity contribution in [3.05, 3.63) is 17.6 Å². The molecule has 0 aromatic carbocycles. The maximum absolute atomic E-state index is 5.88. The molecule has 4 heteroatoms. The number of hydrogen-bond donors (Lipinski definition) is 0. The molecule has 0 N–H and O–H groups in total. The minimum Gasteiger partial charge on any atom is -0.352 e. The van der Waals surface area contributed by atoms with Crippen LogP contribution in [-0.2, 0) is 0 Å². The van der Waals surface area contributed by atoms with Crippen LogP contribution in [0.4, 0.5) is 5.82 Å². The van der Waals surface area contributed by atoms with Gasteiger partial charge in [0.25, 0.3) is 0 Å². The van der Waals surface area contributed by atoms with E-state index in [1.54, 1.807) is 0 Å². The number of anilines is 1. The highest BCUT2D eigenvalue weighted by Gasteiger charge is 2.30. The Balaban J connectivity index is 2.28. The smallest absolute Gasteiger partial charge is 0.133 e. The van der Waals surface area contributed by atoms with Gasteiger partial charge in [-0.2, -0.15) is 0 Å². The highest BCUT2D eigenvalue weighted by molar-refractivity contribution is 6.18. The van der Waals surface area contributed by atoms with E-state index < -0.39 is 0 Å². The van der Waals surface area contributed by atoms with E-state index >= 15 is 0 Å². The summed E-state index contributed by atoms with van der Waals surface area (Å²) in [6.07, 6.45) is 2.52. The molecule has 0 saturated heterocycles. The van der Waals surface area contributed by atoms with Crippen LogP contribution in [0.1, 0.15) is 44.1 Å². The zero-order valence-corrected chi connectivity index (χ0v) is 11.5. The van der Waals surface area contributed by atoms with Crippen LogP contribution in [-0.4, -0.2) is 28.4 Å². The molecule has 0 atom stereocenters. The molecule has 1 fully saturated rings. The van der Waals surface area contributed by atoms with Gasteiger partial charge in [-0.25, -0.2) is 9.97 Å². The zero-order valence-electron chi connectivity index (χ0n) is 10.8. The van der Waals surface area contributed by atoms with Gasteiger partial charge in [0.15, 0.2) is 0 Å². The molecular formula is C13H20ClN3. The summed E-state index contributed by atoms with van der Waals surface area (Å²) in [5, 5.41) is 0. The molecular weight excluding hydrogens is 234 g/mol. The van der Waals surface area contributed by atoms with E-state index in [1.807, 2.05) is 6.92 Å². The normalized spacial score (nSPS) is 15.4. The monoisotopic (exact) mass is 253 g/mol. The standard InChI is InChI=1S/C13H20ClN3/c1-9(2)13-15-10(3)8-12(16-13)17(7-6-14)11-4-5-11/h8-9,11H,4-7H2,1-3H3. The first-order valence-electron chi connectivity index (χ1n) is 6.30. The maximum Gasteiger partial charge on any atom is 0.133 e. The summed E-state index contributed by atoms with van der Waals surface area (Å²) in [6, 6.07) is 2.71. The molecule has 0 amide bonds. The quantitative estimate of drug-likeness (QED) is 0.755. The van der Waals surface area contributed by atoms with Gasteiger partial charge < -0.3 is 4.90 Å². The van der Waals surface area contributed by atoms with Gasteiger partial charge in [-0.05, 0) is 19.8 Å². The molecule has 0 radical (unpaired) electrons. The molecule has 1 aromatic rings. The lowest BCUT2D eigenvalue weighted by Gasteiger charge is -2.23. The summed E-state index contributed by atoms with van der Waals surface area (Å²) in [4.78, 5) is 11.5. The van der Waals surface area contributed by atoms with Crippen LogP contribution in [0.3, 0.4) is 0 Å². The van der Waals surface area contributed by atoms with Crippen molar-refractivity contribution in [2.24, 2.45) is 0 Å². The SMILES string of the molecule is Cc1cc(N(CCCl)C2CC2)nc(C(C)C)n1. The number of rotatable bonds is 5. The van der Waals surface area contributed by atoms with E-state index in [4.69, 9.17) is 11.6 Å². The molecule has 1 saturated carbocycles. The summed E-state index contributed by atoms with van der Waals surface area (Å²) >= 11 is 5.88. The van der Waals surface area contributed by atoms with Crippen molar-refractivity contribution in [2.75, 3.05) is 17.3 Å². The van der Waals surface area contributed by atoms with E-state index in [-0.39, 0.29) is 0 Å². The van der Waals surface area contributed by atoms with Gasteiger partial charge in [0, 0.05) is 36.1 Å². The summed E-state index contributed by atoms with van der Waals surface area (Å²) in [6.45, 7) is 7.16. The average molecular weight is 254 g/mol. The Kier molecular flexibility index (Phi) is 3.87. The van der Waals surface area contributed by atoms with E-state index in [0.29, 0.717) is 17.8 Å². The van der Waals surface area contributed by atoms with E-state index in [2.05, 4.69) is 34.8 Å². The molecule has 0 spiro atoms. The Hall–Kier alpha value is -0.830. The van der Waals surface area contributed by atoms with E-state index in [9.17, 15) is 0 Å². The Morgan fingerprint density at radius 3 is 2.65 bits per heavy atom. The van der Waals surface area contributed by atoms with Crippen LogP contribution in [0.25, 0.3) is 0 Å². The third-order valence-corrected chi connectivity index (χ3v) is 3.15. The lowest BCUT2D eigenvalue weighted by molar-refractivity contribution is 0.740. The first-order valence-corrected chi connectivity index (χ1v) is 6.83. The van der Waals surface area contributed by atoms with Gasteiger partial charge in [0.2, 0.25) is 0 Å². The minimum absolute atomic E-state index is 0.366. The average Bonchev–Trinajstić information content (AvgIpc) is 3.08. The molecule has 0 unspecified atom stereocenters. The highest BCUT2D eigenvalue weighted by atomic mass is 35.5. The summed E-state index contributed by atoms with van der Waals surface area (Å²) in [5.74, 6) is 2.99. The number of aryl methyl sites for hydroxylation is 1. The molecule has 1 aliphatic rings. The minimum atomic E-state index is 0.366. The third-order valence-electron chi connectivity index (χ3n) is 2.98. The summed E-state index contributed by atoms with van der Waals surface area (Å²) in [5.41, 5.74) is 1.04. The fraction of sp³-hybridized carbons (Fsp3) is 0.692.